The van der Waals surface area contributed by atoms with Crippen molar-refractivity contribution in [3.8, 4) is 0 Å². The number of carbonyl (C=O) groups excluding carboxylic acids is 1. The number of ether oxygens (including phenoxy) is 1. The molecule has 0 bridgehead atoms. The summed E-state index contributed by atoms with van der Waals surface area (Å²) in [5.41, 5.74) is 9.40. The van der Waals surface area contributed by atoms with Crippen LogP contribution < -0.4 is 11.1 Å². The van der Waals surface area contributed by atoms with Gasteiger partial charge >= 0.3 is 5.97 Å². The second-order valence-electron chi connectivity index (χ2n) is 7.10. The van der Waals surface area contributed by atoms with E-state index in [1.54, 1.807) is 0 Å². The molecule has 1 aromatic carbocycles. The third kappa shape index (κ3) is 4.65. The topological polar surface area (TPSA) is 64.3 Å². The number of carbonyl (C=O) groups is 1. The summed E-state index contributed by atoms with van der Waals surface area (Å²) in [6.45, 7) is 4.67. The van der Waals surface area contributed by atoms with Gasteiger partial charge in [0, 0.05) is 12.5 Å². The summed E-state index contributed by atoms with van der Waals surface area (Å²) >= 11 is 0. The standard InChI is InChI=1S/C18H28N2O2/c1-18(2)10-4-5-14(12-18)20-16-8-6-13(11-15(16)19)7-9-17(21)22-3/h6,8,11,14,20H,4-5,7,9-10,12,19H2,1-3H3/t14-/m1/s1. The van der Waals surface area contributed by atoms with Crippen molar-refractivity contribution in [2.75, 3.05) is 18.2 Å². The first kappa shape index (κ1) is 16.7. The molecule has 1 aliphatic rings. The molecule has 122 valence electrons. The van der Waals surface area contributed by atoms with Crippen LogP contribution in [-0.2, 0) is 16.0 Å². The number of anilines is 2. The van der Waals surface area contributed by atoms with Crippen LogP contribution in [0, 0.1) is 5.41 Å². The van der Waals surface area contributed by atoms with Gasteiger partial charge in [-0.25, -0.2) is 0 Å². The van der Waals surface area contributed by atoms with Crippen molar-refractivity contribution in [3.05, 3.63) is 23.8 Å². The van der Waals surface area contributed by atoms with E-state index in [0.717, 1.165) is 16.9 Å². The molecule has 0 heterocycles. The zero-order chi connectivity index (χ0) is 16.2. The molecule has 0 aromatic heterocycles. The zero-order valence-electron chi connectivity index (χ0n) is 13.9. The van der Waals surface area contributed by atoms with Gasteiger partial charge in [-0.15, -0.1) is 0 Å². The minimum absolute atomic E-state index is 0.190. The first-order chi connectivity index (χ1) is 10.4. The highest BCUT2D eigenvalue weighted by atomic mass is 16.5. The smallest absolute Gasteiger partial charge is 0.305 e. The lowest BCUT2D eigenvalue weighted by molar-refractivity contribution is -0.140. The Morgan fingerprint density at radius 2 is 2.23 bits per heavy atom. The molecular formula is C18H28N2O2. The van der Waals surface area contributed by atoms with Crippen molar-refractivity contribution in [2.24, 2.45) is 5.41 Å². The quantitative estimate of drug-likeness (QED) is 0.642. The molecule has 1 aromatic rings. The Labute approximate surface area is 133 Å². The van der Waals surface area contributed by atoms with Gasteiger partial charge in [0.2, 0.25) is 0 Å². The van der Waals surface area contributed by atoms with E-state index in [1.165, 1.54) is 32.8 Å². The maximum atomic E-state index is 11.2. The van der Waals surface area contributed by atoms with Gasteiger partial charge in [-0.2, -0.15) is 0 Å². The highest BCUT2D eigenvalue weighted by Crippen LogP contribution is 2.37. The molecule has 1 atom stereocenters. The van der Waals surface area contributed by atoms with Gasteiger partial charge in [-0.1, -0.05) is 26.3 Å². The van der Waals surface area contributed by atoms with Crippen molar-refractivity contribution in [2.45, 2.75) is 58.4 Å². The highest BCUT2D eigenvalue weighted by Gasteiger charge is 2.28. The Hall–Kier alpha value is -1.71. The molecular weight excluding hydrogens is 276 g/mol. The largest absolute Gasteiger partial charge is 0.469 e. The minimum atomic E-state index is -0.190. The van der Waals surface area contributed by atoms with Crippen LogP contribution >= 0.6 is 0 Å². The molecule has 0 aliphatic heterocycles. The molecule has 0 amide bonds. The zero-order valence-corrected chi connectivity index (χ0v) is 13.9. The van der Waals surface area contributed by atoms with E-state index in [4.69, 9.17) is 5.73 Å². The van der Waals surface area contributed by atoms with E-state index in [1.807, 2.05) is 18.2 Å². The number of methoxy groups -OCH3 is 1. The fourth-order valence-corrected chi connectivity index (χ4v) is 3.29. The molecule has 0 saturated heterocycles. The summed E-state index contributed by atoms with van der Waals surface area (Å²) in [5, 5.41) is 3.59. The van der Waals surface area contributed by atoms with Crippen molar-refractivity contribution < 1.29 is 9.53 Å². The predicted octanol–water partition coefficient (Wildman–Crippen LogP) is 3.76. The van der Waals surface area contributed by atoms with Crippen LogP contribution in [0.5, 0.6) is 0 Å². The molecule has 2 rings (SSSR count). The first-order valence-corrected chi connectivity index (χ1v) is 8.11. The number of benzene rings is 1. The van der Waals surface area contributed by atoms with E-state index >= 15 is 0 Å². The number of aryl methyl sites for hydroxylation is 1. The van der Waals surface area contributed by atoms with Crippen LogP contribution in [0.3, 0.4) is 0 Å². The predicted molar refractivity (Wildman–Crippen MR) is 90.9 cm³/mol. The van der Waals surface area contributed by atoms with Crippen LogP contribution in [0.1, 0.15) is 51.5 Å². The number of rotatable bonds is 5. The van der Waals surface area contributed by atoms with Crippen molar-refractivity contribution in [1.82, 2.24) is 0 Å². The molecule has 1 fully saturated rings. The van der Waals surface area contributed by atoms with E-state index in [9.17, 15) is 4.79 Å². The van der Waals surface area contributed by atoms with Crippen LogP contribution in [0.2, 0.25) is 0 Å². The lowest BCUT2D eigenvalue weighted by atomic mass is 9.75. The van der Waals surface area contributed by atoms with Gasteiger partial charge in [-0.05, 0) is 48.8 Å². The van der Waals surface area contributed by atoms with Gasteiger partial charge in [-0.3, -0.25) is 4.79 Å². The Kier molecular flexibility index (Phi) is 5.33. The summed E-state index contributed by atoms with van der Waals surface area (Å²) in [6, 6.07) is 6.52. The molecule has 3 N–H and O–H groups in total. The average molecular weight is 304 g/mol. The third-order valence-corrected chi connectivity index (χ3v) is 4.53. The maximum Gasteiger partial charge on any atom is 0.305 e. The molecule has 1 aliphatic carbocycles. The van der Waals surface area contributed by atoms with Crippen LogP contribution in [-0.4, -0.2) is 19.1 Å². The lowest BCUT2D eigenvalue weighted by Crippen LogP contribution is -2.32. The second kappa shape index (κ2) is 7.03. The number of nitrogens with one attached hydrogen (secondary N) is 1. The van der Waals surface area contributed by atoms with E-state index in [2.05, 4.69) is 23.9 Å². The number of hydrogen-bond acceptors (Lipinski definition) is 4. The summed E-state index contributed by atoms with van der Waals surface area (Å²) < 4.78 is 4.66. The monoisotopic (exact) mass is 304 g/mol. The Balaban J connectivity index is 1.96. The SMILES string of the molecule is COC(=O)CCc1ccc(N[C@@H]2CCCC(C)(C)C2)c(N)c1. The molecule has 22 heavy (non-hydrogen) atoms. The van der Waals surface area contributed by atoms with Crippen molar-refractivity contribution in [1.29, 1.82) is 0 Å². The molecule has 0 unspecified atom stereocenters. The van der Waals surface area contributed by atoms with Crippen LogP contribution in [0.15, 0.2) is 18.2 Å². The van der Waals surface area contributed by atoms with E-state index in [0.29, 0.717) is 24.3 Å². The minimum Gasteiger partial charge on any atom is -0.469 e. The Morgan fingerprint density at radius 3 is 2.86 bits per heavy atom. The molecule has 4 heteroatoms. The maximum absolute atomic E-state index is 11.2. The molecule has 0 radical (unpaired) electrons. The molecule has 4 nitrogen and oxygen atoms in total. The molecule has 0 spiro atoms. The van der Waals surface area contributed by atoms with E-state index in [-0.39, 0.29) is 5.97 Å². The van der Waals surface area contributed by atoms with Crippen molar-refractivity contribution >= 4 is 17.3 Å². The fraction of sp³-hybridized carbons (Fsp3) is 0.611. The van der Waals surface area contributed by atoms with Crippen LogP contribution in [0.25, 0.3) is 0 Å². The van der Waals surface area contributed by atoms with Crippen molar-refractivity contribution in [3.63, 3.8) is 0 Å². The number of nitrogens with two attached hydrogens (primary N) is 1. The van der Waals surface area contributed by atoms with E-state index < -0.39 is 0 Å². The van der Waals surface area contributed by atoms with Gasteiger partial charge in [0.1, 0.15) is 0 Å². The fourth-order valence-electron chi connectivity index (χ4n) is 3.29. The number of esters is 1. The number of nitrogen functional groups attached to an aromatic ring is 1. The van der Waals surface area contributed by atoms with Gasteiger partial charge in [0.15, 0.2) is 0 Å². The Bertz CT molecular complexity index is 526. The first-order valence-electron chi connectivity index (χ1n) is 8.11. The summed E-state index contributed by atoms with van der Waals surface area (Å²) in [4.78, 5) is 11.2. The normalized spacial score (nSPS) is 20.4. The van der Waals surface area contributed by atoms with Gasteiger partial charge in [0.05, 0.1) is 18.5 Å². The number of hydrogen-bond donors (Lipinski definition) is 2. The summed E-state index contributed by atoms with van der Waals surface area (Å²) in [6.07, 6.45) is 5.99. The summed E-state index contributed by atoms with van der Waals surface area (Å²) in [7, 11) is 1.41. The average Bonchev–Trinajstić information content (AvgIpc) is 2.46. The van der Waals surface area contributed by atoms with Crippen LogP contribution in [0.4, 0.5) is 11.4 Å². The third-order valence-electron chi connectivity index (χ3n) is 4.53. The Morgan fingerprint density at radius 1 is 1.45 bits per heavy atom. The summed E-state index contributed by atoms with van der Waals surface area (Å²) in [5.74, 6) is -0.190. The highest BCUT2D eigenvalue weighted by molar-refractivity contribution is 5.70. The molecule has 1 saturated carbocycles. The second-order valence-corrected chi connectivity index (χ2v) is 7.10. The van der Waals surface area contributed by atoms with Gasteiger partial charge < -0.3 is 15.8 Å². The lowest BCUT2D eigenvalue weighted by Gasteiger charge is -2.36. The van der Waals surface area contributed by atoms with Gasteiger partial charge in [0.25, 0.3) is 0 Å².